The van der Waals surface area contributed by atoms with E-state index in [2.05, 4.69) is 0 Å². The fourth-order valence-electron chi connectivity index (χ4n) is 2.82. The Morgan fingerprint density at radius 3 is 1.80 bits per heavy atom. The van der Waals surface area contributed by atoms with E-state index in [1.165, 1.54) is 12.1 Å². The van der Waals surface area contributed by atoms with E-state index in [0.717, 1.165) is 12.1 Å². The van der Waals surface area contributed by atoms with Crippen molar-refractivity contribution in [3.63, 3.8) is 0 Å². The quantitative estimate of drug-likeness (QED) is 0.213. The topological polar surface area (TPSA) is 18.5 Å². The molecular weight excluding hydrogens is 541 g/mol. The Morgan fingerprint density at radius 2 is 1.29 bits per heavy atom. The Labute approximate surface area is 190 Å². The average Bonchev–Trinajstić information content (AvgIpc) is 3.19. The zero-order chi connectivity index (χ0) is 27.1. The standard InChI is InChI=1S/C17H13BF14O2Si/c19-10-3-1-9(2-4-10)18-33-7-11(34-18)8-35-6-5-12(20,21)13(22,23)14(24,25)15(26,27)16(28,29)17(30,31)32/h1-4,11H,5-8H2. The van der Waals surface area contributed by atoms with Gasteiger partial charge in [0.1, 0.15) is 5.82 Å². The molecule has 1 aliphatic heterocycles. The summed E-state index contributed by atoms with van der Waals surface area (Å²) in [6.07, 6.45) is -10.5. The van der Waals surface area contributed by atoms with Crippen LogP contribution in [0.3, 0.4) is 0 Å². The van der Waals surface area contributed by atoms with Gasteiger partial charge in [0.15, 0.2) is 0 Å². The molecule has 1 aliphatic rings. The lowest BCUT2D eigenvalue weighted by molar-refractivity contribution is -0.439. The first-order valence-electron chi connectivity index (χ1n) is 9.38. The van der Waals surface area contributed by atoms with Crippen molar-refractivity contribution in [2.45, 2.75) is 60.4 Å². The van der Waals surface area contributed by atoms with Gasteiger partial charge in [0.05, 0.1) is 12.7 Å². The summed E-state index contributed by atoms with van der Waals surface area (Å²) in [4.78, 5) is 0. The van der Waals surface area contributed by atoms with Crippen LogP contribution in [0.5, 0.6) is 0 Å². The summed E-state index contributed by atoms with van der Waals surface area (Å²) in [6, 6.07) is 3.63. The highest BCUT2D eigenvalue weighted by atomic mass is 28.2. The van der Waals surface area contributed by atoms with E-state index in [1.54, 1.807) is 0 Å². The number of benzene rings is 1. The van der Waals surface area contributed by atoms with E-state index in [4.69, 9.17) is 9.31 Å². The third-order valence-corrected chi connectivity index (χ3v) is 6.23. The van der Waals surface area contributed by atoms with Crippen LogP contribution in [0.25, 0.3) is 0 Å². The van der Waals surface area contributed by atoms with Gasteiger partial charge in [0.25, 0.3) is 0 Å². The second kappa shape index (κ2) is 9.72. The van der Waals surface area contributed by atoms with Crippen molar-refractivity contribution < 1.29 is 70.8 Å². The number of alkyl halides is 13. The first-order valence-corrected chi connectivity index (χ1v) is 10.8. The van der Waals surface area contributed by atoms with Crippen LogP contribution in [-0.4, -0.2) is 65.1 Å². The molecule has 18 heteroatoms. The number of rotatable bonds is 10. The van der Waals surface area contributed by atoms with E-state index < -0.39 is 76.8 Å². The van der Waals surface area contributed by atoms with E-state index >= 15 is 0 Å². The van der Waals surface area contributed by atoms with Gasteiger partial charge in [-0.2, -0.15) is 57.1 Å². The van der Waals surface area contributed by atoms with Crippen LogP contribution in [0, 0.1) is 5.82 Å². The maximum atomic E-state index is 13.8. The molecule has 0 bridgehead atoms. The lowest BCUT2D eigenvalue weighted by Crippen LogP contribution is -2.70. The van der Waals surface area contributed by atoms with Gasteiger partial charge in [-0.1, -0.05) is 18.2 Å². The van der Waals surface area contributed by atoms with Crippen LogP contribution in [-0.2, 0) is 9.31 Å². The third kappa shape index (κ3) is 5.43. The van der Waals surface area contributed by atoms with Crippen molar-refractivity contribution >= 4 is 22.1 Å². The van der Waals surface area contributed by atoms with E-state index in [9.17, 15) is 61.5 Å². The van der Waals surface area contributed by atoms with Gasteiger partial charge in [0, 0.05) is 15.9 Å². The molecule has 2 radical (unpaired) electrons. The van der Waals surface area contributed by atoms with Gasteiger partial charge in [-0.15, -0.1) is 0 Å². The van der Waals surface area contributed by atoms with Crippen molar-refractivity contribution in [3.8, 4) is 0 Å². The highest BCUT2D eigenvalue weighted by molar-refractivity contribution is 6.61. The maximum Gasteiger partial charge on any atom is 0.494 e. The van der Waals surface area contributed by atoms with Crippen LogP contribution >= 0.6 is 0 Å². The van der Waals surface area contributed by atoms with Crippen molar-refractivity contribution in [1.82, 2.24) is 0 Å². The van der Waals surface area contributed by atoms with E-state index in [0.29, 0.717) is 5.46 Å². The first kappa shape index (κ1) is 29.7. The fourth-order valence-corrected chi connectivity index (χ4v) is 4.05. The van der Waals surface area contributed by atoms with Crippen LogP contribution in [0.2, 0.25) is 12.1 Å². The molecule has 2 nitrogen and oxygen atoms in total. The maximum absolute atomic E-state index is 13.8. The molecule has 0 amide bonds. The smallest absolute Gasteiger partial charge is 0.405 e. The van der Waals surface area contributed by atoms with Crippen molar-refractivity contribution in [2.75, 3.05) is 6.61 Å². The summed E-state index contributed by atoms with van der Waals surface area (Å²) in [5, 5.41) is 0. The molecule has 35 heavy (non-hydrogen) atoms. The summed E-state index contributed by atoms with van der Waals surface area (Å²) < 4.78 is 193. The van der Waals surface area contributed by atoms with E-state index in [-0.39, 0.29) is 12.7 Å². The monoisotopic (exact) mass is 554 g/mol. The molecule has 0 saturated carbocycles. The van der Waals surface area contributed by atoms with Crippen molar-refractivity contribution in [2.24, 2.45) is 0 Å². The Morgan fingerprint density at radius 1 is 0.771 bits per heavy atom. The molecule has 0 aromatic heterocycles. The molecule has 1 fully saturated rings. The molecule has 0 N–H and O–H groups in total. The Hall–Kier alpha value is -1.56. The van der Waals surface area contributed by atoms with Gasteiger partial charge in [-0.25, -0.2) is 4.39 Å². The lowest BCUT2D eigenvalue weighted by Gasteiger charge is -2.39. The number of halogens is 14. The molecule has 1 aromatic carbocycles. The van der Waals surface area contributed by atoms with Crippen LogP contribution in [0.15, 0.2) is 24.3 Å². The SMILES string of the molecule is Fc1ccc(B2OCC(C[Si]CCC(F)(F)C(F)(F)C(F)(F)C(F)(F)C(F)(F)C(F)(F)F)O2)cc1. The van der Waals surface area contributed by atoms with Crippen LogP contribution in [0.1, 0.15) is 6.42 Å². The molecule has 0 spiro atoms. The zero-order valence-electron chi connectivity index (χ0n) is 16.9. The zero-order valence-corrected chi connectivity index (χ0v) is 17.9. The molecule has 0 aliphatic carbocycles. The molecule has 1 saturated heterocycles. The minimum Gasteiger partial charge on any atom is -0.405 e. The molecular formula is C17H13BF14O2Si. The Bertz CT molecular complexity index is 861. The molecule has 1 atom stereocenters. The molecule has 2 rings (SSSR count). The third-order valence-electron chi connectivity index (χ3n) is 4.88. The highest BCUT2D eigenvalue weighted by Gasteiger charge is 2.90. The predicted molar refractivity (Wildman–Crippen MR) is 93.4 cm³/mol. The lowest BCUT2D eigenvalue weighted by atomic mass is 9.79. The largest absolute Gasteiger partial charge is 0.494 e. The molecule has 198 valence electrons. The van der Waals surface area contributed by atoms with Gasteiger partial charge < -0.3 is 9.31 Å². The van der Waals surface area contributed by atoms with Crippen molar-refractivity contribution in [3.05, 3.63) is 30.1 Å². The molecule has 1 heterocycles. The summed E-state index contributed by atoms with van der Waals surface area (Å²) in [6.45, 7) is -0.127. The Balaban J connectivity index is 1.98. The fraction of sp³-hybridized carbons (Fsp3) is 0.647. The second-order valence-electron chi connectivity index (χ2n) is 7.43. The van der Waals surface area contributed by atoms with Gasteiger partial charge in [0.2, 0.25) is 0 Å². The minimum absolute atomic E-state index is 0.127. The summed E-state index contributed by atoms with van der Waals surface area (Å²) in [7, 11) is -1.70. The minimum atomic E-state index is -7.89. The summed E-state index contributed by atoms with van der Waals surface area (Å²) in [5.74, 6) is -37.3. The van der Waals surface area contributed by atoms with E-state index in [1.807, 2.05) is 0 Å². The highest BCUT2D eigenvalue weighted by Crippen LogP contribution is 2.60. The van der Waals surface area contributed by atoms with Gasteiger partial charge in [-0.3, -0.25) is 0 Å². The van der Waals surface area contributed by atoms with Crippen LogP contribution < -0.4 is 5.46 Å². The molecule has 1 unspecified atom stereocenters. The normalized spacial score (nSPS) is 18.9. The summed E-state index contributed by atoms with van der Waals surface area (Å²) >= 11 is 0. The van der Waals surface area contributed by atoms with Gasteiger partial charge >= 0.3 is 42.9 Å². The molecule has 1 aromatic rings. The number of hydrogen-bond acceptors (Lipinski definition) is 2. The summed E-state index contributed by atoms with van der Waals surface area (Å²) in [5.41, 5.74) is 0.377. The van der Waals surface area contributed by atoms with Crippen molar-refractivity contribution in [1.29, 1.82) is 0 Å². The average molecular weight is 554 g/mol. The van der Waals surface area contributed by atoms with Crippen LogP contribution in [0.4, 0.5) is 61.5 Å². The first-order chi connectivity index (χ1) is 15.7. The Kier molecular flexibility index (Phi) is 8.24. The second-order valence-corrected chi connectivity index (χ2v) is 8.84. The predicted octanol–water partition coefficient (Wildman–Crippen LogP) is 5.61. The number of hydrogen-bond donors (Lipinski definition) is 0. The van der Waals surface area contributed by atoms with Gasteiger partial charge in [-0.05, 0) is 23.6 Å².